The number of carbonyl (C=O) groups is 1. The Bertz CT molecular complexity index is 688. The van der Waals surface area contributed by atoms with E-state index in [1.54, 1.807) is 13.8 Å². The number of ether oxygens (including phenoxy) is 1. The second kappa shape index (κ2) is 6.30. The number of benzene rings is 1. The largest absolute Gasteiger partial charge is 0.461 e. The lowest BCUT2D eigenvalue weighted by molar-refractivity contribution is 0.0518. The Kier molecular flexibility index (Phi) is 4.66. The van der Waals surface area contributed by atoms with Crippen molar-refractivity contribution in [2.24, 2.45) is 0 Å². The Morgan fingerprint density at radius 3 is 2.81 bits per heavy atom. The zero-order valence-corrected chi connectivity index (χ0v) is 12.9. The maximum atomic E-state index is 13.9. The molecule has 8 heteroatoms. The minimum Gasteiger partial charge on any atom is -0.461 e. The van der Waals surface area contributed by atoms with E-state index in [1.165, 1.54) is 10.7 Å². The number of halogens is 3. The van der Waals surface area contributed by atoms with Gasteiger partial charge in [0.2, 0.25) is 0 Å². The fourth-order valence-electron chi connectivity index (χ4n) is 1.76. The Balaban J connectivity index is 2.34. The predicted molar refractivity (Wildman–Crippen MR) is 73.9 cm³/mol. The zero-order valence-electron chi connectivity index (χ0n) is 11.4. The van der Waals surface area contributed by atoms with Crippen LogP contribution in [-0.4, -0.2) is 27.6 Å². The second-order valence-corrected chi connectivity index (χ2v) is 5.08. The molecule has 0 aliphatic rings. The van der Waals surface area contributed by atoms with Gasteiger partial charge in [-0.15, -0.1) is 5.10 Å². The number of hydrogen-bond donors (Lipinski definition) is 0. The maximum Gasteiger partial charge on any atom is 0.360 e. The van der Waals surface area contributed by atoms with Gasteiger partial charge in [-0.1, -0.05) is 5.21 Å². The second-order valence-electron chi connectivity index (χ2n) is 4.22. The number of esters is 1. The van der Waals surface area contributed by atoms with Crippen LogP contribution in [0.4, 0.5) is 8.78 Å². The van der Waals surface area contributed by atoms with Gasteiger partial charge in [0.15, 0.2) is 5.69 Å². The van der Waals surface area contributed by atoms with Crippen LogP contribution in [0, 0.1) is 18.6 Å². The highest BCUT2D eigenvalue weighted by Crippen LogP contribution is 2.22. The summed E-state index contributed by atoms with van der Waals surface area (Å²) < 4.78 is 33.9. The van der Waals surface area contributed by atoms with Gasteiger partial charge in [-0.25, -0.2) is 18.3 Å². The normalized spacial score (nSPS) is 10.7. The third kappa shape index (κ3) is 3.10. The first-order valence-corrected chi connectivity index (χ1v) is 6.94. The van der Waals surface area contributed by atoms with Crippen LogP contribution in [0.5, 0.6) is 0 Å². The molecular formula is C13H12BrF2N3O2. The molecule has 0 bridgehead atoms. The molecular weight excluding hydrogens is 348 g/mol. The van der Waals surface area contributed by atoms with Crippen LogP contribution in [0.1, 0.15) is 28.7 Å². The molecule has 1 heterocycles. The molecule has 0 aliphatic heterocycles. The van der Waals surface area contributed by atoms with Crippen molar-refractivity contribution in [1.29, 1.82) is 0 Å². The number of rotatable bonds is 4. The van der Waals surface area contributed by atoms with Crippen molar-refractivity contribution in [3.8, 4) is 0 Å². The topological polar surface area (TPSA) is 57.0 Å². The van der Waals surface area contributed by atoms with Crippen LogP contribution in [0.3, 0.4) is 0 Å². The number of nitrogens with zero attached hydrogens (tertiary/aromatic N) is 3. The van der Waals surface area contributed by atoms with Gasteiger partial charge in [-0.3, -0.25) is 0 Å². The van der Waals surface area contributed by atoms with Crippen LogP contribution in [0.25, 0.3) is 0 Å². The van der Waals surface area contributed by atoms with Gasteiger partial charge in [0.25, 0.3) is 0 Å². The smallest absolute Gasteiger partial charge is 0.360 e. The third-order valence-corrected chi connectivity index (χ3v) is 3.51. The minimum atomic E-state index is -0.706. The summed E-state index contributed by atoms with van der Waals surface area (Å²) in [6.07, 6.45) is 0. The number of aromatic nitrogens is 3. The lowest BCUT2D eigenvalue weighted by atomic mass is 10.2. The predicted octanol–water partition coefficient (Wildman–Crippen LogP) is 2.85. The highest BCUT2D eigenvalue weighted by molar-refractivity contribution is 9.10. The van der Waals surface area contributed by atoms with E-state index >= 15 is 0 Å². The van der Waals surface area contributed by atoms with Gasteiger partial charge >= 0.3 is 5.97 Å². The summed E-state index contributed by atoms with van der Waals surface area (Å²) in [5, 5.41) is 7.44. The molecule has 0 atom stereocenters. The molecule has 21 heavy (non-hydrogen) atoms. The van der Waals surface area contributed by atoms with Crippen LogP contribution >= 0.6 is 15.9 Å². The summed E-state index contributed by atoms with van der Waals surface area (Å²) in [6.45, 7) is 3.29. The molecule has 0 unspecified atom stereocenters. The molecule has 0 fully saturated rings. The highest BCUT2D eigenvalue weighted by Gasteiger charge is 2.20. The first-order valence-electron chi connectivity index (χ1n) is 6.15. The van der Waals surface area contributed by atoms with Crippen LogP contribution < -0.4 is 0 Å². The van der Waals surface area contributed by atoms with Crippen LogP contribution in [0.15, 0.2) is 16.6 Å². The molecule has 5 nitrogen and oxygen atoms in total. The molecule has 0 spiro atoms. The molecule has 1 aromatic heterocycles. The van der Waals surface area contributed by atoms with Crippen LogP contribution in [0.2, 0.25) is 0 Å². The van der Waals surface area contributed by atoms with Gasteiger partial charge < -0.3 is 4.74 Å². The van der Waals surface area contributed by atoms with Crippen molar-refractivity contribution in [1.82, 2.24) is 15.0 Å². The molecule has 0 aliphatic carbocycles. The molecule has 0 saturated carbocycles. The van der Waals surface area contributed by atoms with Crippen molar-refractivity contribution < 1.29 is 18.3 Å². The number of carbonyl (C=O) groups excluding carboxylic acids is 1. The van der Waals surface area contributed by atoms with Crippen LogP contribution in [-0.2, 0) is 11.3 Å². The van der Waals surface area contributed by atoms with E-state index in [0.29, 0.717) is 5.69 Å². The van der Waals surface area contributed by atoms with Crippen molar-refractivity contribution in [2.45, 2.75) is 20.4 Å². The first kappa shape index (κ1) is 15.6. The van der Waals surface area contributed by atoms with Crippen molar-refractivity contribution in [2.75, 3.05) is 6.61 Å². The summed E-state index contributed by atoms with van der Waals surface area (Å²) in [7, 11) is 0. The average Bonchev–Trinajstić information content (AvgIpc) is 2.81. The van der Waals surface area contributed by atoms with Crippen molar-refractivity contribution in [3.63, 3.8) is 0 Å². The van der Waals surface area contributed by atoms with E-state index in [4.69, 9.17) is 4.74 Å². The summed E-state index contributed by atoms with van der Waals surface area (Å²) >= 11 is 3.00. The molecule has 2 rings (SSSR count). The first-order chi connectivity index (χ1) is 9.95. The quantitative estimate of drug-likeness (QED) is 0.622. The van der Waals surface area contributed by atoms with Gasteiger partial charge in [-0.2, -0.15) is 0 Å². The van der Waals surface area contributed by atoms with Crippen molar-refractivity contribution in [3.05, 3.63) is 45.2 Å². The molecule has 1 aromatic carbocycles. The van der Waals surface area contributed by atoms with Gasteiger partial charge in [0.05, 0.1) is 23.3 Å². The van der Waals surface area contributed by atoms with Gasteiger partial charge in [0.1, 0.15) is 11.6 Å². The van der Waals surface area contributed by atoms with E-state index in [9.17, 15) is 13.6 Å². The molecule has 2 aromatic rings. The average molecular weight is 360 g/mol. The fourth-order valence-corrected chi connectivity index (χ4v) is 2.13. The Labute approximate surface area is 128 Å². The monoisotopic (exact) mass is 359 g/mol. The lowest BCUT2D eigenvalue weighted by Gasteiger charge is -2.08. The van der Waals surface area contributed by atoms with E-state index in [1.807, 2.05) is 0 Å². The number of hydrogen-bond acceptors (Lipinski definition) is 4. The van der Waals surface area contributed by atoms with E-state index < -0.39 is 17.6 Å². The Morgan fingerprint density at radius 2 is 2.14 bits per heavy atom. The minimum absolute atomic E-state index is 0.0349. The molecule has 112 valence electrons. The van der Waals surface area contributed by atoms with Gasteiger partial charge in [0, 0.05) is 5.56 Å². The standard InChI is InChI=1S/C13H12BrF2N3O2/c1-3-21-13(20)12-7(2)19(18-17-12)6-8-10(15)5-4-9(14)11(8)16/h4-5H,3,6H2,1-2H3. The highest BCUT2D eigenvalue weighted by atomic mass is 79.9. The van der Waals surface area contributed by atoms with E-state index in [0.717, 1.165) is 6.07 Å². The van der Waals surface area contributed by atoms with Gasteiger partial charge in [-0.05, 0) is 41.9 Å². The Morgan fingerprint density at radius 1 is 1.43 bits per heavy atom. The summed E-state index contributed by atoms with van der Waals surface area (Å²) in [5.41, 5.74) is 0.257. The summed E-state index contributed by atoms with van der Waals surface area (Å²) in [5.74, 6) is -2.01. The van der Waals surface area contributed by atoms with Crippen molar-refractivity contribution >= 4 is 21.9 Å². The summed E-state index contributed by atoms with van der Waals surface area (Å²) in [6, 6.07) is 2.44. The third-order valence-electron chi connectivity index (χ3n) is 2.90. The zero-order chi connectivity index (χ0) is 15.6. The fraction of sp³-hybridized carbons (Fsp3) is 0.308. The maximum absolute atomic E-state index is 13.9. The Hall–Kier alpha value is -1.83. The lowest BCUT2D eigenvalue weighted by Crippen LogP contribution is -2.10. The van der Waals surface area contributed by atoms with E-state index in [-0.39, 0.29) is 28.9 Å². The molecule has 0 radical (unpaired) electrons. The molecule has 0 N–H and O–H groups in total. The van der Waals surface area contributed by atoms with E-state index in [2.05, 4.69) is 26.2 Å². The molecule has 0 amide bonds. The summed E-state index contributed by atoms with van der Waals surface area (Å²) in [4.78, 5) is 11.6. The SMILES string of the molecule is CCOC(=O)c1nnn(Cc2c(F)ccc(Br)c2F)c1C. The molecule has 0 saturated heterocycles.